The molecular formula is C20H17N3O5. The Kier molecular flexibility index (Phi) is 5.50. The monoisotopic (exact) mass is 379 g/mol. The van der Waals surface area contributed by atoms with Gasteiger partial charge in [0.25, 0.3) is 5.91 Å². The quantitative estimate of drug-likeness (QED) is 0.504. The van der Waals surface area contributed by atoms with Crippen LogP contribution in [0, 0.1) is 17.0 Å². The second-order valence-electron chi connectivity index (χ2n) is 5.87. The number of pyridine rings is 1. The number of aromatic nitrogens is 1. The van der Waals surface area contributed by atoms with Crippen molar-refractivity contribution in [2.75, 3.05) is 12.4 Å². The van der Waals surface area contributed by atoms with Crippen LogP contribution in [0.2, 0.25) is 0 Å². The number of hydrogen-bond acceptors (Lipinski definition) is 6. The van der Waals surface area contributed by atoms with Gasteiger partial charge in [-0.15, -0.1) is 0 Å². The predicted molar refractivity (Wildman–Crippen MR) is 103 cm³/mol. The highest BCUT2D eigenvalue weighted by molar-refractivity contribution is 6.04. The van der Waals surface area contributed by atoms with Crippen LogP contribution < -0.4 is 14.8 Å². The third-order valence-corrected chi connectivity index (χ3v) is 3.93. The van der Waals surface area contributed by atoms with Crippen LogP contribution in [0.25, 0.3) is 0 Å². The molecule has 0 saturated carbocycles. The average molecular weight is 379 g/mol. The van der Waals surface area contributed by atoms with Gasteiger partial charge in [-0.3, -0.25) is 19.9 Å². The first-order valence-corrected chi connectivity index (χ1v) is 8.30. The molecule has 28 heavy (non-hydrogen) atoms. The number of benzene rings is 2. The topological polar surface area (TPSA) is 104 Å². The van der Waals surface area contributed by atoms with Crippen LogP contribution in [-0.2, 0) is 0 Å². The second kappa shape index (κ2) is 8.17. The van der Waals surface area contributed by atoms with Crippen molar-refractivity contribution in [3.05, 3.63) is 82.2 Å². The molecule has 0 aliphatic carbocycles. The highest BCUT2D eigenvalue weighted by atomic mass is 16.6. The molecule has 2 aromatic carbocycles. The standard InChI is InChI=1S/C20H17N3O5/c1-13-10-15(6-8-18(13)28-16-4-3-9-21-12-16)22-20(24)14-5-7-19(27-2)17(11-14)23(25)26/h3-12H,1-2H3,(H,22,24). The number of rotatable bonds is 6. The lowest BCUT2D eigenvalue weighted by atomic mass is 10.1. The first-order valence-electron chi connectivity index (χ1n) is 8.30. The number of nitro benzene ring substituents is 1. The van der Waals surface area contributed by atoms with Crippen molar-refractivity contribution in [2.45, 2.75) is 6.92 Å². The SMILES string of the molecule is COc1ccc(C(=O)Nc2ccc(Oc3cccnc3)c(C)c2)cc1[N+](=O)[O-]. The highest BCUT2D eigenvalue weighted by Crippen LogP contribution is 2.29. The maximum atomic E-state index is 12.5. The summed E-state index contributed by atoms with van der Waals surface area (Å²) in [6.45, 7) is 1.85. The van der Waals surface area contributed by atoms with Gasteiger partial charge in [0.15, 0.2) is 5.75 Å². The number of anilines is 1. The van der Waals surface area contributed by atoms with Crippen molar-refractivity contribution in [1.82, 2.24) is 4.98 Å². The second-order valence-corrected chi connectivity index (χ2v) is 5.87. The van der Waals surface area contributed by atoms with Crippen molar-refractivity contribution in [3.8, 4) is 17.2 Å². The van der Waals surface area contributed by atoms with Gasteiger partial charge in [0, 0.05) is 23.5 Å². The van der Waals surface area contributed by atoms with E-state index in [0.717, 1.165) is 5.56 Å². The molecule has 8 nitrogen and oxygen atoms in total. The molecule has 1 heterocycles. The fourth-order valence-electron chi connectivity index (χ4n) is 2.55. The van der Waals surface area contributed by atoms with E-state index in [-0.39, 0.29) is 17.0 Å². The third kappa shape index (κ3) is 4.24. The fourth-order valence-corrected chi connectivity index (χ4v) is 2.55. The van der Waals surface area contributed by atoms with E-state index in [9.17, 15) is 14.9 Å². The summed E-state index contributed by atoms with van der Waals surface area (Å²) >= 11 is 0. The minimum Gasteiger partial charge on any atom is -0.490 e. The number of nitro groups is 1. The first kappa shape index (κ1) is 18.8. The normalized spacial score (nSPS) is 10.2. The number of hydrogen-bond donors (Lipinski definition) is 1. The Labute approximate surface area is 160 Å². The lowest BCUT2D eigenvalue weighted by molar-refractivity contribution is -0.385. The zero-order valence-electron chi connectivity index (χ0n) is 15.2. The molecule has 0 radical (unpaired) electrons. The molecule has 3 aromatic rings. The van der Waals surface area contributed by atoms with Gasteiger partial charge in [0.05, 0.1) is 18.2 Å². The van der Waals surface area contributed by atoms with Crippen molar-refractivity contribution in [1.29, 1.82) is 0 Å². The Balaban J connectivity index is 1.76. The molecule has 3 rings (SSSR count). The van der Waals surface area contributed by atoms with E-state index in [4.69, 9.17) is 9.47 Å². The molecule has 0 bridgehead atoms. The van der Waals surface area contributed by atoms with Crippen LogP contribution in [0.3, 0.4) is 0 Å². The van der Waals surface area contributed by atoms with Crippen molar-refractivity contribution in [3.63, 3.8) is 0 Å². The zero-order chi connectivity index (χ0) is 20.1. The van der Waals surface area contributed by atoms with E-state index in [0.29, 0.717) is 17.2 Å². The first-order chi connectivity index (χ1) is 13.5. The van der Waals surface area contributed by atoms with Gasteiger partial charge in [-0.05, 0) is 55.0 Å². The van der Waals surface area contributed by atoms with Gasteiger partial charge in [-0.25, -0.2) is 0 Å². The Morgan fingerprint density at radius 2 is 1.93 bits per heavy atom. The van der Waals surface area contributed by atoms with Crippen molar-refractivity contribution >= 4 is 17.3 Å². The van der Waals surface area contributed by atoms with Gasteiger partial charge in [0.2, 0.25) is 0 Å². The van der Waals surface area contributed by atoms with Gasteiger partial charge in [0.1, 0.15) is 11.5 Å². The molecule has 0 unspecified atom stereocenters. The summed E-state index contributed by atoms with van der Waals surface area (Å²) in [5, 5.41) is 13.8. The van der Waals surface area contributed by atoms with Crippen LogP contribution in [0.4, 0.5) is 11.4 Å². The number of methoxy groups -OCH3 is 1. The molecule has 1 aromatic heterocycles. The van der Waals surface area contributed by atoms with Crippen molar-refractivity contribution < 1.29 is 19.2 Å². The summed E-state index contributed by atoms with van der Waals surface area (Å²) < 4.78 is 10.7. The molecule has 0 aliphatic rings. The molecule has 1 amide bonds. The fraction of sp³-hybridized carbons (Fsp3) is 0.100. The lowest BCUT2D eigenvalue weighted by Gasteiger charge is -2.11. The molecule has 0 fully saturated rings. The molecule has 0 spiro atoms. The van der Waals surface area contributed by atoms with Crippen LogP contribution in [0.1, 0.15) is 15.9 Å². The van der Waals surface area contributed by atoms with Crippen LogP contribution >= 0.6 is 0 Å². The maximum absolute atomic E-state index is 12.5. The average Bonchev–Trinajstić information content (AvgIpc) is 2.70. The maximum Gasteiger partial charge on any atom is 0.311 e. The molecule has 8 heteroatoms. The van der Waals surface area contributed by atoms with Crippen molar-refractivity contribution in [2.24, 2.45) is 0 Å². The number of ether oxygens (including phenoxy) is 2. The number of nitrogens with zero attached hydrogens (tertiary/aromatic N) is 2. The summed E-state index contributed by atoms with van der Waals surface area (Å²) in [6.07, 6.45) is 3.26. The lowest BCUT2D eigenvalue weighted by Crippen LogP contribution is -2.12. The van der Waals surface area contributed by atoms with E-state index < -0.39 is 10.8 Å². The van der Waals surface area contributed by atoms with Gasteiger partial charge >= 0.3 is 5.69 Å². The Bertz CT molecular complexity index is 1020. The Hall–Kier alpha value is -3.94. The Morgan fingerprint density at radius 3 is 2.57 bits per heavy atom. The minimum atomic E-state index is -0.593. The zero-order valence-corrected chi connectivity index (χ0v) is 15.2. The van der Waals surface area contributed by atoms with Gasteiger partial charge in [-0.1, -0.05) is 0 Å². The minimum absolute atomic E-state index is 0.0919. The van der Waals surface area contributed by atoms with Gasteiger partial charge < -0.3 is 14.8 Å². The van der Waals surface area contributed by atoms with Gasteiger partial charge in [-0.2, -0.15) is 0 Å². The molecule has 0 atom stereocenters. The van der Waals surface area contributed by atoms with E-state index >= 15 is 0 Å². The number of aryl methyl sites for hydroxylation is 1. The number of amides is 1. The largest absolute Gasteiger partial charge is 0.490 e. The van der Waals surface area contributed by atoms with Crippen LogP contribution in [0.5, 0.6) is 17.2 Å². The van der Waals surface area contributed by atoms with E-state index in [1.165, 1.54) is 25.3 Å². The molecular weight excluding hydrogens is 362 g/mol. The smallest absolute Gasteiger partial charge is 0.311 e. The molecule has 0 aliphatic heterocycles. The van der Waals surface area contributed by atoms with E-state index in [1.807, 2.05) is 6.92 Å². The number of nitrogens with one attached hydrogen (secondary N) is 1. The summed E-state index contributed by atoms with van der Waals surface area (Å²) in [5.74, 6) is 0.861. The number of carbonyl (C=O) groups excluding carboxylic acids is 1. The summed E-state index contributed by atoms with van der Waals surface area (Å²) in [5.41, 5.74) is 1.23. The van der Waals surface area contributed by atoms with Crippen LogP contribution in [0.15, 0.2) is 60.9 Å². The number of carbonyl (C=O) groups is 1. The Morgan fingerprint density at radius 1 is 1.14 bits per heavy atom. The molecule has 142 valence electrons. The molecule has 1 N–H and O–H groups in total. The molecule has 0 saturated heterocycles. The predicted octanol–water partition coefficient (Wildman–Crippen LogP) is 4.35. The van der Waals surface area contributed by atoms with Crippen LogP contribution in [-0.4, -0.2) is 22.9 Å². The summed E-state index contributed by atoms with van der Waals surface area (Å²) in [4.78, 5) is 27.0. The third-order valence-electron chi connectivity index (χ3n) is 3.93. The van der Waals surface area contributed by atoms with E-state index in [2.05, 4.69) is 10.3 Å². The highest BCUT2D eigenvalue weighted by Gasteiger charge is 2.18. The van der Waals surface area contributed by atoms with E-state index in [1.54, 1.807) is 42.7 Å². The summed E-state index contributed by atoms with van der Waals surface area (Å²) in [7, 11) is 1.33. The summed E-state index contributed by atoms with van der Waals surface area (Å²) in [6, 6.07) is 12.8.